The normalized spacial score (nSPS) is 11.9. The minimum Gasteiger partial charge on any atom is -0.280 e. The van der Waals surface area contributed by atoms with Gasteiger partial charge in [-0.15, -0.1) is 0 Å². The van der Waals surface area contributed by atoms with Crippen molar-refractivity contribution in [2.75, 3.05) is 4.72 Å². The Kier molecular flexibility index (Phi) is 7.55. The monoisotopic (exact) mass is 513 g/mol. The van der Waals surface area contributed by atoms with Gasteiger partial charge in [0.25, 0.3) is 15.9 Å². The van der Waals surface area contributed by atoms with E-state index in [9.17, 15) is 17.2 Å². The van der Waals surface area contributed by atoms with Crippen molar-refractivity contribution in [1.29, 1.82) is 0 Å². The molecule has 0 heterocycles. The Bertz CT molecular complexity index is 1220. The maximum atomic E-state index is 13.5. The fraction of sp³-hybridized carbons (Fsp3) is 0.174. The van der Waals surface area contributed by atoms with E-state index in [1.807, 2.05) is 0 Å². The molecule has 0 saturated carbocycles. The van der Waals surface area contributed by atoms with E-state index in [0.29, 0.717) is 33.3 Å². The highest BCUT2D eigenvalue weighted by Gasteiger charge is 2.24. The van der Waals surface area contributed by atoms with Crippen LogP contribution in [0.1, 0.15) is 23.6 Å². The van der Waals surface area contributed by atoms with Gasteiger partial charge in [0, 0.05) is 40.2 Å². The van der Waals surface area contributed by atoms with Crippen molar-refractivity contribution < 1.29 is 17.2 Å². The summed E-state index contributed by atoms with van der Waals surface area (Å²) in [6.45, 7) is 0.857. The Hall–Kier alpha value is -2.06. The highest BCUT2D eigenvalue weighted by atomic mass is 35.5. The average Bonchev–Trinajstić information content (AvgIpc) is 2.66. The van der Waals surface area contributed by atoms with Crippen molar-refractivity contribution >= 4 is 56.0 Å². The second kappa shape index (κ2) is 9.83. The standard InChI is InChI=1S/C23H19Cl2F2NO2S2/c1-23(26,27)17-4-2-3-16(9-17)11-21(31)10-15-5-7-22(8-6-15)32(29,30)28-20-13-18(24)12-19(25)14-20/h2-9,12-14,28H,10-11H2,1H3. The molecule has 0 radical (unpaired) electrons. The smallest absolute Gasteiger partial charge is 0.270 e. The highest BCUT2D eigenvalue weighted by molar-refractivity contribution is 7.92. The molecular formula is C23H19Cl2F2NO2S2. The minimum absolute atomic E-state index is 0.0548. The second-order valence-electron chi connectivity index (χ2n) is 7.39. The zero-order valence-electron chi connectivity index (χ0n) is 16.9. The number of rotatable bonds is 8. The second-order valence-corrected chi connectivity index (χ2v) is 10.5. The van der Waals surface area contributed by atoms with E-state index in [2.05, 4.69) is 4.72 Å². The number of sulfonamides is 1. The number of halogens is 4. The number of thiocarbonyl (C=S) groups is 1. The van der Waals surface area contributed by atoms with E-state index in [-0.39, 0.29) is 16.1 Å². The highest BCUT2D eigenvalue weighted by Crippen LogP contribution is 2.28. The Morgan fingerprint density at radius 1 is 0.938 bits per heavy atom. The zero-order valence-corrected chi connectivity index (χ0v) is 20.1. The Balaban J connectivity index is 1.67. The molecule has 1 N–H and O–H groups in total. The van der Waals surface area contributed by atoms with E-state index in [4.69, 9.17) is 35.4 Å². The zero-order chi connectivity index (χ0) is 23.5. The van der Waals surface area contributed by atoms with Gasteiger partial charge in [-0.1, -0.05) is 65.8 Å². The lowest BCUT2D eigenvalue weighted by Crippen LogP contribution is -2.13. The quantitative estimate of drug-likeness (QED) is 0.328. The summed E-state index contributed by atoms with van der Waals surface area (Å²) in [6.07, 6.45) is 0.788. The maximum Gasteiger partial charge on any atom is 0.270 e. The molecule has 168 valence electrons. The van der Waals surface area contributed by atoms with Gasteiger partial charge in [-0.25, -0.2) is 17.2 Å². The van der Waals surface area contributed by atoms with E-state index < -0.39 is 15.9 Å². The fourth-order valence-corrected chi connectivity index (χ4v) is 4.99. The number of hydrogen-bond acceptors (Lipinski definition) is 3. The number of anilines is 1. The third kappa shape index (κ3) is 6.72. The van der Waals surface area contributed by atoms with Gasteiger partial charge < -0.3 is 0 Å². The molecular weight excluding hydrogens is 495 g/mol. The summed E-state index contributed by atoms with van der Waals surface area (Å²) in [6, 6.07) is 16.9. The summed E-state index contributed by atoms with van der Waals surface area (Å²) < 4.78 is 54.8. The number of alkyl halides is 2. The SMILES string of the molecule is CC(F)(F)c1cccc(CC(=S)Cc2ccc(S(=O)(=O)Nc3cc(Cl)cc(Cl)c3)cc2)c1. The molecule has 0 aliphatic heterocycles. The Labute approximate surface area is 201 Å². The molecule has 0 spiro atoms. The molecule has 3 aromatic carbocycles. The van der Waals surface area contributed by atoms with Gasteiger partial charge in [-0.2, -0.15) is 0 Å². The average molecular weight is 514 g/mol. The summed E-state index contributed by atoms with van der Waals surface area (Å²) in [5.74, 6) is -2.91. The molecule has 3 nitrogen and oxygen atoms in total. The Morgan fingerprint density at radius 2 is 1.53 bits per heavy atom. The van der Waals surface area contributed by atoms with Crippen LogP contribution in [0.25, 0.3) is 0 Å². The molecule has 0 aromatic heterocycles. The van der Waals surface area contributed by atoms with Crippen LogP contribution in [0.5, 0.6) is 0 Å². The van der Waals surface area contributed by atoms with Crippen LogP contribution in [0.3, 0.4) is 0 Å². The summed E-state index contributed by atoms with van der Waals surface area (Å²) in [7, 11) is -3.83. The minimum atomic E-state index is -3.83. The van der Waals surface area contributed by atoms with Gasteiger partial charge in [0.1, 0.15) is 0 Å². The van der Waals surface area contributed by atoms with Crippen LogP contribution in [0.2, 0.25) is 10.0 Å². The van der Waals surface area contributed by atoms with Gasteiger partial charge in [0.2, 0.25) is 0 Å². The first-order valence-electron chi connectivity index (χ1n) is 9.49. The van der Waals surface area contributed by atoms with Crippen molar-refractivity contribution in [2.24, 2.45) is 0 Å². The number of hydrogen-bond donors (Lipinski definition) is 1. The van der Waals surface area contributed by atoms with Crippen LogP contribution in [0.4, 0.5) is 14.5 Å². The van der Waals surface area contributed by atoms with E-state index >= 15 is 0 Å². The predicted molar refractivity (Wildman–Crippen MR) is 130 cm³/mol. The van der Waals surface area contributed by atoms with Crippen molar-refractivity contribution in [2.45, 2.75) is 30.6 Å². The van der Waals surface area contributed by atoms with Gasteiger partial charge in [-0.3, -0.25) is 4.72 Å². The first kappa shape index (κ1) is 24.6. The molecule has 0 fully saturated rings. The number of nitrogens with one attached hydrogen (secondary N) is 1. The molecule has 3 aromatic rings. The molecule has 0 bridgehead atoms. The first-order chi connectivity index (χ1) is 14.9. The Morgan fingerprint density at radius 3 is 2.12 bits per heavy atom. The lowest BCUT2D eigenvalue weighted by atomic mass is 10.0. The molecule has 0 unspecified atom stereocenters. The van der Waals surface area contributed by atoms with E-state index in [0.717, 1.165) is 12.5 Å². The molecule has 32 heavy (non-hydrogen) atoms. The number of benzene rings is 3. The van der Waals surface area contributed by atoms with Crippen molar-refractivity contribution in [1.82, 2.24) is 0 Å². The van der Waals surface area contributed by atoms with Crippen LogP contribution >= 0.6 is 35.4 Å². The van der Waals surface area contributed by atoms with Crippen LogP contribution in [-0.4, -0.2) is 13.3 Å². The topological polar surface area (TPSA) is 46.2 Å². The molecule has 0 aliphatic carbocycles. The third-order valence-electron chi connectivity index (χ3n) is 4.58. The van der Waals surface area contributed by atoms with Crippen LogP contribution < -0.4 is 4.72 Å². The van der Waals surface area contributed by atoms with Gasteiger partial charge in [-0.05, 0) is 47.5 Å². The summed E-state index contributed by atoms with van der Waals surface area (Å²) in [5, 5.41) is 0.625. The third-order valence-corrected chi connectivity index (χ3v) is 6.71. The lowest BCUT2D eigenvalue weighted by molar-refractivity contribution is 0.0174. The molecule has 0 aliphatic rings. The van der Waals surface area contributed by atoms with Crippen molar-refractivity contribution in [3.8, 4) is 0 Å². The summed E-state index contributed by atoms with van der Waals surface area (Å²) in [5.41, 5.74) is 1.72. The van der Waals surface area contributed by atoms with Crippen molar-refractivity contribution in [3.63, 3.8) is 0 Å². The van der Waals surface area contributed by atoms with Gasteiger partial charge >= 0.3 is 0 Å². The molecule has 3 rings (SSSR count). The van der Waals surface area contributed by atoms with Gasteiger partial charge in [0.05, 0.1) is 10.6 Å². The molecule has 0 saturated heterocycles. The van der Waals surface area contributed by atoms with Crippen LogP contribution in [0, 0.1) is 0 Å². The predicted octanol–water partition coefficient (Wildman–Crippen LogP) is 7.06. The molecule has 9 heteroatoms. The molecule has 0 amide bonds. The lowest BCUT2D eigenvalue weighted by Gasteiger charge is -2.12. The van der Waals surface area contributed by atoms with Crippen LogP contribution in [-0.2, 0) is 28.8 Å². The fourth-order valence-electron chi connectivity index (χ4n) is 3.09. The summed E-state index contributed by atoms with van der Waals surface area (Å²) in [4.78, 5) is 0.727. The maximum absolute atomic E-state index is 13.5. The first-order valence-corrected chi connectivity index (χ1v) is 12.1. The van der Waals surface area contributed by atoms with E-state index in [1.165, 1.54) is 42.5 Å². The van der Waals surface area contributed by atoms with Crippen LogP contribution in [0.15, 0.2) is 71.6 Å². The van der Waals surface area contributed by atoms with E-state index in [1.54, 1.807) is 24.3 Å². The molecule has 0 atom stereocenters. The largest absolute Gasteiger partial charge is 0.280 e. The van der Waals surface area contributed by atoms with Crippen molar-refractivity contribution in [3.05, 3.63) is 93.5 Å². The van der Waals surface area contributed by atoms with Gasteiger partial charge in [0.15, 0.2) is 0 Å². The summed E-state index contributed by atoms with van der Waals surface area (Å²) >= 11 is 17.3.